The lowest BCUT2D eigenvalue weighted by Crippen LogP contribution is -2.33. The molecule has 0 heterocycles. The van der Waals surface area contributed by atoms with E-state index < -0.39 is 0 Å². The zero-order valence-corrected chi connectivity index (χ0v) is 18.0. The minimum absolute atomic E-state index is 0.00319. The molecule has 0 spiro atoms. The van der Waals surface area contributed by atoms with Gasteiger partial charge in [-0.15, -0.1) is 0 Å². The van der Waals surface area contributed by atoms with Gasteiger partial charge in [0.1, 0.15) is 5.75 Å². The Morgan fingerprint density at radius 1 is 0.900 bits per heavy atom. The van der Waals surface area contributed by atoms with Gasteiger partial charge in [0.25, 0.3) is 0 Å². The molecule has 0 radical (unpaired) electrons. The number of carbonyl (C=O) groups is 1. The largest absolute Gasteiger partial charge is 0.497 e. The fourth-order valence-electron chi connectivity index (χ4n) is 3.58. The molecule has 1 N–H and O–H groups in total. The molecule has 4 nitrogen and oxygen atoms in total. The summed E-state index contributed by atoms with van der Waals surface area (Å²) in [6.45, 7) is 5.84. The Hall–Kier alpha value is -3.11. The van der Waals surface area contributed by atoms with Crippen LogP contribution in [0.15, 0.2) is 72.8 Å². The zero-order chi connectivity index (χ0) is 21.3. The molecule has 0 aliphatic heterocycles. The number of ether oxygens (including phenoxy) is 1. The van der Waals surface area contributed by atoms with E-state index in [2.05, 4.69) is 35.3 Å². The second-order valence-electron chi connectivity index (χ2n) is 7.49. The molecule has 0 atom stereocenters. The Balaban J connectivity index is 1.75. The fraction of sp³-hybridized carbons (Fsp3) is 0.269. The van der Waals surface area contributed by atoms with Gasteiger partial charge in [0.15, 0.2) is 0 Å². The van der Waals surface area contributed by atoms with Crippen LogP contribution in [0.2, 0.25) is 0 Å². The number of anilines is 1. The highest BCUT2D eigenvalue weighted by Crippen LogP contribution is 2.21. The number of benzene rings is 3. The van der Waals surface area contributed by atoms with E-state index in [9.17, 15) is 4.79 Å². The second-order valence-corrected chi connectivity index (χ2v) is 7.49. The number of carbonyl (C=O) groups excluding carboxylic acids is 1. The minimum atomic E-state index is 0.00319. The van der Waals surface area contributed by atoms with Crippen LogP contribution in [-0.4, -0.2) is 24.5 Å². The molecule has 0 aliphatic rings. The van der Waals surface area contributed by atoms with Crippen molar-refractivity contribution in [1.29, 1.82) is 0 Å². The van der Waals surface area contributed by atoms with Crippen LogP contribution in [0.3, 0.4) is 0 Å². The molecule has 0 aliphatic carbocycles. The molecule has 156 valence electrons. The molecule has 0 saturated carbocycles. The number of para-hydroxylation sites is 1. The maximum atomic E-state index is 13.0. The molecule has 0 fully saturated rings. The summed E-state index contributed by atoms with van der Waals surface area (Å²) in [5, 5.41) is 3.15. The van der Waals surface area contributed by atoms with Crippen molar-refractivity contribution in [2.75, 3.05) is 19.0 Å². The van der Waals surface area contributed by atoms with Gasteiger partial charge in [0, 0.05) is 18.8 Å². The average molecular weight is 403 g/mol. The molecule has 30 heavy (non-hydrogen) atoms. The third kappa shape index (κ3) is 5.94. The van der Waals surface area contributed by atoms with Gasteiger partial charge in [0.05, 0.1) is 13.7 Å². The van der Waals surface area contributed by atoms with E-state index in [-0.39, 0.29) is 5.91 Å². The highest BCUT2D eigenvalue weighted by Gasteiger charge is 2.15. The monoisotopic (exact) mass is 402 g/mol. The van der Waals surface area contributed by atoms with Gasteiger partial charge in [-0.3, -0.25) is 9.69 Å². The standard InChI is InChI=1S/C26H30N2O2/c1-4-23-12-8-9-20(2)26(23)27-25(29)19-28(17-21-10-6-5-7-11-21)18-22-13-15-24(30-3)16-14-22/h5-16H,4,17-19H2,1-3H3,(H,27,29). The lowest BCUT2D eigenvalue weighted by Gasteiger charge is -2.23. The van der Waals surface area contributed by atoms with Crippen LogP contribution in [0, 0.1) is 6.92 Å². The maximum Gasteiger partial charge on any atom is 0.238 e. The molecule has 0 aromatic heterocycles. The van der Waals surface area contributed by atoms with Gasteiger partial charge in [-0.25, -0.2) is 0 Å². The van der Waals surface area contributed by atoms with E-state index in [1.165, 1.54) is 5.56 Å². The van der Waals surface area contributed by atoms with Crippen LogP contribution in [0.5, 0.6) is 5.75 Å². The van der Waals surface area contributed by atoms with Crippen molar-refractivity contribution in [3.8, 4) is 5.75 Å². The normalized spacial score (nSPS) is 10.8. The SMILES string of the molecule is CCc1cccc(C)c1NC(=O)CN(Cc1ccccc1)Cc1ccc(OC)cc1. The number of rotatable bonds is 9. The van der Waals surface area contributed by atoms with E-state index in [0.29, 0.717) is 19.6 Å². The Morgan fingerprint density at radius 3 is 2.20 bits per heavy atom. The summed E-state index contributed by atoms with van der Waals surface area (Å²) in [7, 11) is 1.66. The molecular weight excluding hydrogens is 372 g/mol. The van der Waals surface area contributed by atoms with Crippen molar-refractivity contribution in [3.05, 3.63) is 95.1 Å². The Bertz CT molecular complexity index is 953. The third-order valence-corrected chi connectivity index (χ3v) is 5.19. The van der Waals surface area contributed by atoms with Crippen LogP contribution in [-0.2, 0) is 24.3 Å². The minimum Gasteiger partial charge on any atom is -0.497 e. The first-order valence-electron chi connectivity index (χ1n) is 10.4. The van der Waals surface area contributed by atoms with Crippen LogP contribution in [0.25, 0.3) is 0 Å². The Morgan fingerprint density at radius 2 is 1.57 bits per heavy atom. The molecule has 3 aromatic rings. The number of nitrogens with zero attached hydrogens (tertiary/aromatic N) is 1. The summed E-state index contributed by atoms with van der Waals surface area (Å²) >= 11 is 0. The lowest BCUT2D eigenvalue weighted by molar-refractivity contribution is -0.117. The number of nitrogens with one attached hydrogen (secondary N) is 1. The predicted molar refractivity (Wildman–Crippen MR) is 123 cm³/mol. The average Bonchev–Trinajstić information content (AvgIpc) is 2.76. The molecule has 0 bridgehead atoms. The first-order valence-corrected chi connectivity index (χ1v) is 10.4. The number of methoxy groups -OCH3 is 1. The fourth-order valence-corrected chi connectivity index (χ4v) is 3.58. The predicted octanol–water partition coefficient (Wildman–Crippen LogP) is 5.21. The molecule has 1 amide bonds. The van der Waals surface area contributed by atoms with E-state index in [4.69, 9.17) is 4.74 Å². The van der Waals surface area contributed by atoms with Crippen LogP contribution < -0.4 is 10.1 Å². The summed E-state index contributed by atoms with van der Waals surface area (Å²) < 4.78 is 5.26. The number of hydrogen-bond donors (Lipinski definition) is 1. The quantitative estimate of drug-likeness (QED) is 0.534. The molecular formula is C26H30N2O2. The maximum absolute atomic E-state index is 13.0. The van der Waals surface area contributed by atoms with Crippen LogP contribution in [0.4, 0.5) is 5.69 Å². The summed E-state index contributed by atoms with van der Waals surface area (Å²) in [5.41, 5.74) is 5.52. The van der Waals surface area contributed by atoms with E-state index in [1.807, 2.05) is 61.5 Å². The molecule has 3 rings (SSSR count). The van der Waals surface area contributed by atoms with Crippen molar-refractivity contribution < 1.29 is 9.53 Å². The zero-order valence-electron chi connectivity index (χ0n) is 18.0. The van der Waals surface area contributed by atoms with Crippen molar-refractivity contribution in [3.63, 3.8) is 0 Å². The van der Waals surface area contributed by atoms with Gasteiger partial charge in [0.2, 0.25) is 5.91 Å². The van der Waals surface area contributed by atoms with Crippen molar-refractivity contribution in [2.45, 2.75) is 33.4 Å². The second kappa shape index (κ2) is 10.6. The molecule has 0 unspecified atom stereocenters. The lowest BCUT2D eigenvalue weighted by atomic mass is 10.1. The highest BCUT2D eigenvalue weighted by atomic mass is 16.5. The third-order valence-electron chi connectivity index (χ3n) is 5.19. The van der Waals surface area contributed by atoms with E-state index >= 15 is 0 Å². The van der Waals surface area contributed by atoms with Gasteiger partial charge in [-0.2, -0.15) is 0 Å². The van der Waals surface area contributed by atoms with E-state index in [1.54, 1.807) is 7.11 Å². The van der Waals surface area contributed by atoms with Gasteiger partial charge in [-0.05, 0) is 47.7 Å². The summed E-state index contributed by atoms with van der Waals surface area (Å²) in [5.74, 6) is 0.834. The number of aryl methyl sites for hydroxylation is 2. The smallest absolute Gasteiger partial charge is 0.238 e. The number of amides is 1. The van der Waals surface area contributed by atoms with Gasteiger partial charge >= 0.3 is 0 Å². The van der Waals surface area contributed by atoms with Crippen LogP contribution >= 0.6 is 0 Å². The highest BCUT2D eigenvalue weighted by molar-refractivity contribution is 5.93. The summed E-state index contributed by atoms with van der Waals surface area (Å²) in [4.78, 5) is 15.1. The van der Waals surface area contributed by atoms with Crippen molar-refractivity contribution in [1.82, 2.24) is 4.90 Å². The van der Waals surface area contributed by atoms with Gasteiger partial charge < -0.3 is 10.1 Å². The summed E-state index contributed by atoms with van der Waals surface area (Å²) in [6.07, 6.45) is 0.886. The molecule has 0 saturated heterocycles. The Kier molecular flexibility index (Phi) is 7.63. The van der Waals surface area contributed by atoms with Crippen molar-refractivity contribution >= 4 is 11.6 Å². The Labute approximate surface area is 179 Å². The molecule has 3 aromatic carbocycles. The van der Waals surface area contributed by atoms with E-state index in [0.717, 1.165) is 34.5 Å². The molecule has 4 heteroatoms. The topological polar surface area (TPSA) is 41.6 Å². The van der Waals surface area contributed by atoms with Gasteiger partial charge in [-0.1, -0.05) is 67.6 Å². The first-order chi connectivity index (χ1) is 14.6. The summed E-state index contributed by atoms with van der Waals surface area (Å²) in [6, 6.07) is 24.4. The number of hydrogen-bond acceptors (Lipinski definition) is 3. The van der Waals surface area contributed by atoms with Crippen molar-refractivity contribution in [2.24, 2.45) is 0 Å². The van der Waals surface area contributed by atoms with Crippen LogP contribution in [0.1, 0.15) is 29.2 Å². The first kappa shape index (κ1) is 21.6.